The van der Waals surface area contributed by atoms with E-state index < -0.39 is 57.7 Å². The molecule has 5 rings (SSSR count). The van der Waals surface area contributed by atoms with Crippen LogP contribution in [0.4, 0.5) is 28.9 Å². The van der Waals surface area contributed by atoms with Gasteiger partial charge in [0.15, 0.2) is 6.10 Å². The molecule has 1 aliphatic rings. The lowest BCUT2D eigenvalue weighted by atomic mass is 10.1. The molecule has 0 saturated carbocycles. The number of alkyl halides is 3. The number of methoxy groups -OCH3 is 1. The number of hydrogen-bond acceptors (Lipinski definition) is 13. The maximum Gasteiger partial charge on any atom is 0.416 e. The average molecular weight is 866 g/mol. The lowest BCUT2D eigenvalue weighted by Gasteiger charge is -2.15. The third-order valence-corrected chi connectivity index (χ3v) is 10.1. The number of benzene rings is 3. The molecule has 1 aliphatic heterocycles. The van der Waals surface area contributed by atoms with Crippen molar-refractivity contribution in [1.29, 1.82) is 0 Å². The van der Waals surface area contributed by atoms with Gasteiger partial charge in [0.05, 0.1) is 40.0 Å². The van der Waals surface area contributed by atoms with Gasteiger partial charge in [0.2, 0.25) is 4.80 Å². The Labute approximate surface area is 332 Å². The molecule has 2 heterocycles. The second kappa shape index (κ2) is 19.3. The van der Waals surface area contributed by atoms with Crippen molar-refractivity contribution in [2.24, 2.45) is 4.99 Å². The molecule has 0 aliphatic carbocycles. The topological polar surface area (TPSA) is 171 Å². The quantitative estimate of drug-likeness (QED) is 0.0358. The highest BCUT2D eigenvalue weighted by molar-refractivity contribution is 8.00. The molecule has 1 atom stereocenters. The molecule has 14 nitrogen and oxygen atoms in total. The van der Waals surface area contributed by atoms with Gasteiger partial charge in [-0.3, -0.25) is 24.4 Å². The van der Waals surface area contributed by atoms with E-state index in [4.69, 9.17) is 37.4 Å². The van der Waals surface area contributed by atoms with E-state index in [0.717, 1.165) is 72.3 Å². The van der Waals surface area contributed by atoms with Crippen LogP contribution in [0.2, 0.25) is 10.0 Å². The third kappa shape index (κ3) is 11.3. The normalized spacial score (nSPS) is 13.1. The summed E-state index contributed by atoms with van der Waals surface area (Å²) in [4.78, 5) is 62.9. The first kappa shape index (κ1) is 43.8. The lowest BCUT2D eigenvalue weighted by Crippen LogP contribution is -2.31. The fourth-order valence-electron chi connectivity index (χ4n) is 4.75. The van der Waals surface area contributed by atoms with Crippen LogP contribution in [-0.4, -0.2) is 57.8 Å². The van der Waals surface area contributed by atoms with Crippen LogP contribution in [0.1, 0.15) is 42.6 Å². The monoisotopic (exact) mass is 864 g/mol. The van der Waals surface area contributed by atoms with Gasteiger partial charge in [0, 0.05) is 30.1 Å². The van der Waals surface area contributed by atoms with E-state index in [1.54, 1.807) is 16.3 Å². The predicted molar refractivity (Wildman–Crippen MR) is 196 cm³/mol. The summed E-state index contributed by atoms with van der Waals surface area (Å²) in [7, 11) is 1.30. The molecule has 56 heavy (non-hydrogen) atoms. The molecule has 1 aromatic heterocycles. The van der Waals surface area contributed by atoms with Crippen LogP contribution in [0.3, 0.4) is 0 Å². The Balaban J connectivity index is 0.000000254. The summed E-state index contributed by atoms with van der Waals surface area (Å²) < 4.78 is 75.5. The number of nitro benzene ring substituents is 1. The minimum Gasteiger partial charge on any atom is -0.468 e. The first-order valence-corrected chi connectivity index (χ1v) is 18.7. The van der Waals surface area contributed by atoms with E-state index in [9.17, 15) is 46.9 Å². The van der Waals surface area contributed by atoms with Crippen molar-refractivity contribution in [2.45, 2.75) is 57.0 Å². The molecular formula is C34H30Cl2F4N4O10S2. The standard InChI is InChI=1S/C19H15ClF3NO7.C15H15ClFN3O3S2/c1-3-29-17(25)10(2)30-18(26)13-9-12(5-6-15(13)24(27)28)31-16-7-4-11(8-14(16)20)19(21,22)23;1-23-13(21)8-24-12-7-11(10(17)6-9(12)16)18-14-19-4-2-3-5-20(19)15(22)25-14/h4-10H,3H2,1-2H3;6-7H,2-5,8H2,1H3/b;18-14-. The molecule has 0 bridgehead atoms. The summed E-state index contributed by atoms with van der Waals surface area (Å²) in [5.74, 6) is -3.28. The zero-order valence-corrected chi connectivity index (χ0v) is 32.5. The van der Waals surface area contributed by atoms with Gasteiger partial charge in [-0.05, 0) is 74.4 Å². The van der Waals surface area contributed by atoms with Crippen LogP contribution >= 0.6 is 46.3 Å². The Bertz CT molecular complexity index is 2260. The van der Waals surface area contributed by atoms with E-state index in [1.165, 1.54) is 20.1 Å². The number of aromatic nitrogens is 2. The summed E-state index contributed by atoms with van der Waals surface area (Å²) in [6, 6.07) is 8.02. The van der Waals surface area contributed by atoms with Gasteiger partial charge >= 0.3 is 29.0 Å². The molecule has 0 N–H and O–H groups in total. The number of halogens is 6. The highest BCUT2D eigenvalue weighted by atomic mass is 35.5. The maximum absolute atomic E-state index is 14.3. The molecule has 22 heteroatoms. The highest BCUT2D eigenvalue weighted by Gasteiger charge is 2.31. The Kier molecular flexibility index (Phi) is 15.1. The van der Waals surface area contributed by atoms with E-state index in [-0.39, 0.29) is 44.5 Å². The zero-order chi connectivity index (χ0) is 41.3. The number of fused-ring (bicyclic) bond motifs is 1. The number of thioether (sulfide) groups is 1. The maximum atomic E-state index is 14.3. The molecule has 300 valence electrons. The number of ether oxygens (including phenoxy) is 4. The van der Waals surface area contributed by atoms with Gasteiger partial charge in [-0.1, -0.05) is 23.2 Å². The molecule has 0 spiro atoms. The van der Waals surface area contributed by atoms with Crippen LogP contribution < -0.4 is 14.4 Å². The van der Waals surface area contributed by atoms with Gasteiger partial charge < -0.3 is 18.9 Å². The second-order valence-corrected chi connectivity index (χ2v) is 14.0. The smallest absolute Gasteiger partial charge is 0.416 e. The number of carbonyl (C=O) groups is 3. The van der Waals surface area contributed by atoms with Crippen LogP contribution in [0, 0.1) is 15.9 Å². The molecule has 0 amide bonds. The van der Waals surface area contributed by atoms with Crippen LogP contribution in [0.15, 0.2) is 63.2 Å². The zero-order valence-electron chi connectivity index (χ0n) is 29.4. The van der Waals surface area contributed by atoms with E-state index in [0.29, 0.717) is 28.9 Å². The molecule has 0 radical (unpaired) electrons. The number of nitrogens with zero attached hydrogens (tertiary/aromatic N) is 4. The van der Waals surface area contributed by atoms with Gasteiger partial charge in [0.1, 0.15) is 28.6 Å². The summed E-state index contributed by atoms with van der Waals surface area (Å²) in [6.07, 6.45) is -4.05. The van der Waals surface area contributed by atoms with Crippen LogP contribution in [-0.2, 0) is 43.1 Å². The van der Waals surface area contributed by atoms with Gasteiger partial charge in [-0.15, -0.1) is 11.8 Å². The van der Waals surface area contributed by atoms with Crippen molar-refractivity contribution in [1.82, 2.24) is 9.36 Å². The minimum absolute atomic E-state index is 0.0398. The number of esters is 3. The number of nitro groups is 1. The first-order chi connectivity index (χ1) is 26.4. The molecule has 4 aromatic rings. The predicted octanol–water partition coefficient (Wildman–Crippen LogP) is 7.96. The Morgan fingerprint density at radius 1 is 1.05 bits per heavy atom. The van der Waals surface area contributed by atoms with Crippen LogP contribution in [0.25, 0.3) is 0 Å². The molecule has 3 aromatic carbocycles. The molecule has 1 unspecified atom stereocenters. The minimum atomic E-state index is -4.61. The number of rotatable bonds is 11. The Hall–Kier alpha value is -4.92. The van der Waals surface area contributed by atoms with Gasteiger partial charge in [-0.25, -0.2) is 23.7 Å². The Morgan fingerprint density at radius 2 is 1.75 bits per heavy atom. The molecule has 0 fully saturated rings. The lowest BCUT2D eigenvalue weighted by molar-refractivity contribution is -0.385. The SMILES string of the molecule is CCOC(=O)C(C)OC(=O)c1cc(Oc2ccc(C(F)(F)F)cc2Cl)ccc1[N+](=O)[O-].COC(=O)CSc1cc(/N=c2\sc(=O)n3n2CCCC3)c(F)cc1Cl. The highest BCUT2D eigenvalue weighted by Crippen LogP contribution is 2.37. The van der Waals surface area contributed by atoms with Crippen molar-refractivity contribution in [3.8, 4) is 11.5 Å². The van der Waals surface area contributed by atoms with Crippen LogP contribution in [0.5, 0.6) is 11.5 Å². The number of hydrogen-bond donors (Lipinski definition) is 0. The summed E-state index contributed by atoms with van der Waals surface area (Å²) in [5.41, 5.74) is -2.08. The van der Waals surface area contributed by atoms with Crippen molar-refractivity contribution < 1.29 is 55.8 Å². The largest absolute Gasteiger partial charge is 0.468 e. The molecule has 0 saturated heterocycles. The van der Waals surface area contributed by atoms with Crippen molar-refractivity contribution in [3.63, 3.8) is 0 Å². The van der Waals surface area contributed by atoms with Gasteiger partial charge in [-0.2, -0.15) is 13.2 Å². The molecular weight excluding hydrogens is 835 g/mol. The van der Waals surface area contributed by atoms with Crippen molar-refractivity contribution in [3.05, 3.63) is 100 Å². The summed E-state index contributed by atoms with van der Waals surface area (Å²) >= 11 is 14.0. The summed E-state index contributed by atoms with van der Waals surface area (Å²) in [5, 5.41) is 11.1. The van der Waals surface area contributed by atoms with Crippen molar-refractivity contribution in [2.75, 3.05) is 19.5 Å². The van der Waals surface area contributed by atoms with E-state index in [1.807, 2.05) is 0 Å². The fourth-order valence-corrected chi connectivity index (χ4v) is 6.96. The second-order valence-electron chi connectivity index (χ2n) is 11.3. The first-order valence-electron chi connectivity index (χ1n) is 16.2. The van der Waals surface area contributed by atoms with Crippen molar-refractivity contribution >= 4 is 75.6 Å². The van der Waals surface area contributed by atoms with E-state index in [2.05, 4.69) is 9.73 Å². The summed E-state index contributed by atoms with van der Waals surface area (Å²) in [6.45, 7) is 4.14. The van der Waals surface area contributed by atoms with Gasteiger partial charge in [0.25, 0.3) is 5.69 Å². The van der Waals surface area contributed by atoms with E-state index >= 15 is 0 Å². The average Bonchev–Trinajstić information content (AvgIpc) is 3.47. The third-order valence-electron chi connectivity index (χ3n) is 7.46. The Morgan fingerprint density at radius 3 is 2.38 bits per heavy atom. The number of carbonyl (C=O) groups excluding carboxylic acids is 3. The fraction of sp³-hybridized carbons (Fsp3) is 0.324.